The number of amides is 1. The van der Waals surface area contributed by atoms with Crippen LogP contribution < -0.4 is 5.32 Å². The fraction of sp³-hybridized carbons (Fsp3) is 0.214. The van der Waals surface area contributed by atoms with Crippen LogP contribution >= 0.6 is 11.3 Å². The molecule has 0 bridgehead atoms. The number of carbonyl (C=O) groups is 1. The number of hydrogen-bond acceptors (Lipinski definition) is 7. The van der Waals surface area contributed by atoms with E-state index in [9.17, 15) is 4.79 Å². The molecule has 1 fully saturated rings. The van der Waals surface area contributed by atoms with Crippen molar-refractivity contribution in [1.29, 1.82) is 0 Å². The van der Waals surface area contributed by atoms with Gasteiger partial charge in [-0.1, -0.05) is 25.3 Å². The number of imidazole rings is 1. The highest BCUT2D eigenvalue weighted by Gasteiger charge is 2.21. The summed E-state index contributed by atoms with van der Waals surface area (Å²) in [4.78, 5) is 35.5. The average Bonchev–Trinajstić information content (AvgIpc) is 3.73. The minimum atomic E-state index is 0.0785. The molecule has 3 N–H and O–H groups in total. The third kappa shape index (κ3) is 4.12. The smallest absolute Gasteiger partial charge is 0.227 e. The number of rotatable bonds is 5. The standard InChI is InChI=1S/C28H24N8OS/c37-28(16-5-2-1-3-6-16)32-19-11-17(13-29-15-19)18-12-21-24(35-36-25(21)31-14-18)27-33-23-20(22-7-4-10-38-22)8-9-30-26(23)34-27/h4,7-16H,1-3,5-6H2,(H,32,37)(H,30,33,34)(H,31,35,36). The highest BCUT2D eigenvalue weighted by Crippen LogP contribution is 2.33. The zero-order chi connectivity index (χ0) is 25.5. The number of carbonyl (C=O) groups excluding carboxylic acids is 1. The second kappa shape index (κ2) is 9.46. The molecule has 0 saturated heterocycles. The number of hydrogen-bond donors (Lipinski definition) is 3. The highest BCUT2D eigenvalue weighted by atomic mass is 32.1. The average molecular weight is 521 g/mol. The third-order valence-electron chi connectivity index (χ3n) is 7.14. The van der Waals surface area contributed by atoms with Gasteiger partial charge in [0.2, 0.25) is 5.91 Å². The highest BCUT2D eigenvalue weighted by molar-refractivity contribution is 7.13. The number of pyridine rings is 3. The van der Waals surface area contributed by atoms with E-state index in [4.69, 9.17) is 4.98 Å². The molecule has 1 aliphatic rings. The van der Waals surface area contributed by atoms with Gasteiger partial charge in [0.15, 0.2) is 17.1 Å². The first-order valence-corrected chi connectivity index (χ1v) is 13.6. The first kappa shape index (κ1) is 22.7. The second-order valence-electron chi connectivity index (χ2n) is 9.60. The zero-order valence-electron chi connectivity index (χ0n) is 20.4. The molecule has 0 unspecified atom stereocenters. The van der Waals surface area contributed by atoms with Crippen molar-refractivity contribution in [2.24, 2.45) is 5.92 Å². The maximum atomic E-state index is 12.8. The molecule has 38 heavy (non-hydrogen) atoms. The Kier molecular flexibility index (Phi) is 5.66. The molecule has 0 atom stereocenters. The number of thiophene rings is 1. The summed E-state index contributed by atoms with van der Waals surface area (Å²) in [6.07, 6.45) is 12.4. The second-order valence-corrected chi connectivity index (χ2v) is 10.5. The number of nitrogens with zero attached hydrogens (tertiary/aromatic N) is 5. The fourth-order valence-corrected chi connectivity index (χ4v) is 5.94. The minimum Gasteiger partial charge on any atom is -0.335 e. The molecule has 6 aromatic rings. The number of nitrogens with one attached hydrogen (secondary N) is 3. The van der Waals surface area contributed by atoms with E-state index in [1.54, 1.807) is 36.1 Å². The molecule has 0 spiro atoms. The van der Waals surface area contributed by atoms with Gasteiger partial charge in [-0.05, 0) is 42.5 Å². The lowest BCUT2D eigenvalue weighted by Gasteiger charge is -2.20. The Morgan fingerprint density at radius 2 is 1.89 bits per heavy atom. The summed E-state index contributed by atoms with van der Waals surface area (Å²) in [5.41, 5.74) is 6.32. The van der Waals surface area contributed by atoms with Crippen LogP contribution in [0.15, 0.2) is 60.5 Å². The van der Waals surface area contributed by atoms with E-state index in [2.05, 4.69) is 46.9 Å². The van der Waals surface area contributed by atoms with Gasteiger partial charge in [-0.2, -0.15) is 5.10 Å². The number of aromatic nitrogens is 7. The van der Waals surface area contributed by atoms with Crippen LogP contribution in [0.3, 0.4) is 0 Å². The first-order valence-electron chi connectivity index (χ1n) is 12.7. The van der Waals surface area contributed by atoms with Crippen molar-refractivity contribution in [3.8, 4) is 33.1 Å². The van der Waals surface area contributed by atoms with Gasteiger partial charge in [0.25, 0.3) is 0 Å². The zero-order valence-corrected chi connectivity index (χ0v) is 21.3. The van der Waals surface area contributed by atoms with Crippen molar-refractivity contribution in [2.45, 2.75) is 32.1 Å². The Balaban J connectivity index is 1.23. The van der Waals surface area contributed by atoms with Crippen molar-refractivity contribution in [3.63, 3.8) is 0 Å². The van der Waals surface area contributed by atoms with E-state index in [0.29, 0.717) is 22.8 Å². The van der Waals surface area contributed by atoms with Crippen LogP contribution in [0.25, 0.3) is 55.3 Å². The van der Waals surface area contributed by atoms with Gasteiger partial charge in [-0.15, -0.1) is 11.3 Å². The molecule has 10 heteroatoms. The van der Waals surface area contributed by atoms with Crippen molar-refractivity contribution < 1.29 is 4.79 Å². The minimum absolute atomic E-state index is 0.0785. The Hall–Kier alpha value is -4.44. The lowest BCUT2D eigenvalue weighted by molar-refractivity contribution is -0.120. The van der Waals surface area contributed by atoms with Gasteiger partial charge in [-0.3, -0.25) is 14.9 Å². The van der Waals surface area contributed by atoms with E-state index >= 15 is 0 Å². The maximum absolute atomic E-state index is 12.8. The molecule has 0 aliphatic heterocycles. The van der Waals surface area contributed by atoms with Crippen molar-refractivity contribution >= 4 is 45.1 Å². The van der Waals surface area contributed by atoms with Gasteiger partial charge in [0, 0.05) is 46.1 Å². The van der Waals surface area contributed by atoms with Gasteiger partial charge < -0.3 is 10.3 Å². The normalized spacial score (nSPS) is 14.3. The molecule has 188 valence electrons. The topological polar surface area (TPSA) is 125 Å². The number of fused-ring (bicyclic) bond motifs is 2. The summed E-state index contributed by atoms with van der Waals surface area (Å²) in [5.74, 6) is 0.803. The molecule has 6 heterocycles. The molecule has 1 amide bonds. The predicted molar refractivity (Wildman–Crippen MR) is 149 cm³/mol. The molecular weight excluding hydrogens is 496 g/mol. The van der Waals surface area contributed by atoms with Crippen LogP contribution in [-0.4, -0.2) is 41.0 Å². The Morgan fingerprint density at radius 1 is 1.00 bits per heavy atom. The monoisotopic (exact) mass is 520 g/mol. The maximum Gasteiger partial charge on any atom is 0.227 e. The summed E-state index contributed by atoms with van der Waals surface area (Å²) in [7, 11) is 0. The lowest BCUT2D eigenvalue weighted by Crippen LogP contribution is -2.24. The van der Waals surface area contributed by atoms with Crippen LogP contribution in [-0.2, 0) is 4.79 Å². The summed E-state index contributed by atoms with van der Waals surface area (Å²) in [5, 5.41) is 13.4. The van der Waals surface area contributed by atoms with E-state index in [1.165, 1.54) is 6.42 Å². The van der Waals surface area contributed by atoms with Gasteiger partial charge in [0.1, 0.15) is 5.69 Å². The first-order chi connectivity index (χ1) is 18.7. The van der Waals surface area contributed by atoms with Crippen molar-refractivity contribution in [1.82, 2.24) is 35.1 Å². The van der Waals surface area contributed by atoms with Gasteiger partial charge in [-0.25, -0.2) is 15.0 Å². The van der Waals surface area contributed by atoms with Crippen LogP contribution in [0.4, 0.5) is 5.69 Å². The Bertz CT molecular complexity index is 1760. The largest absolute Gasteiger partial charge is 0.335 e. The predicted octanol–water partition coefficient (Wildman–Crippen LogP) is 6.21. The molecular formula is C28H24N8OS. The Labute approximate surface area is 221 Å². The molecule has 6 aromatic heterocycles. The summed E-state index contributed by atoms with van der Waals surface area (Å²) >= 11 is 1.67. The van der Waals surface area contributed by atoms with E-state index in [-0.39, 0.29) is 11.8 Å². The fourth-order valence-electron chi connectivity index (χ4n) is 5.18. The van der Waals surface area contributed by atoms with Gasteiger partial charge >= 0.3 is 0 Å². The van der Waals surface area contributed by atoms with Crippen LogP contribution in [0.5, 0.6) is 0 Å². The molecule has 0 radical (unpaired) electrons. The lowest BCUT2D eigenvalue weighted by atomic mass is 9.88. The summed E-state index contributed by atoms with van der Waals surface area (Å²) in [6, 6.07) is 10.1. The molecule has 9 nitrogen and oxygen atoms in total. The van der Waals surface area contributed by atoms with Gasteiger partial charge in [0.05, 0.1) is 22.8 Å². The van der Waals surface area contributed by atoms with E-state index in [1.807, 2.05) is 24.3 Å². The number of H-pyrrole nitrogens is 2. The van der Waals surface area contributed by atoms with Crippen LogP contribution in [0.2, 0.25) is 0 Å². The van der Waals surface area contributed by atoms with Crippen molar-refractivity contribution in [2.75, 3.05) is 5.32 Å². The molecule has 1 saturated carbocycles. The SMILES string of the molecule is O=C(Nc1cncc(-c2cnc3n[nH]c(-c4nc5nccc(-c6cccs6)c5[nH]4)c3c2)c1)C1CCCCC1. The van der Waals surface area contributed by atoms with E-state index in [0.717, 1.165) is 63.8 Å². The molecule has 1 aliphatic carbocycles. The quantitative estimate of drug-likeness (QED) is 0.248. The third-order valence-corrected chi connectivity index (χ3v) is 8.04. The van der Waals surface area contributed by atoms with Crippen LogP contribution in [0, 0.1) is 5.92 Å². The Morgan fingerprint density at radius 3 is 2.76 bits per heavy atom. The molecule has 7 rings (SSSR count). The van der Waals surface area contributed by atoms with E-state index < -0.39 is 0 Å². The number of aromatic amines is 2. The number of anilines is 1. The molecule has 0 aromatic carbocycles. The van der Waals surface area contributed by atoms with Crippen molar-refractivity contribution in [3.05, 3.63) is 60.5 Å². The summed E-state index contributed by atoms with van der Waals surface area (Å²) < 4.78 is 0. The van der Waals surface area contributed by atoms with Crippen LogP contribution in [0.1, 0.15) is 32.1 Å². The summed E-state index contributed by atoms with van der Waals surface area (Å²) in [6.45, 7) is 0.